The van der Waals surface area contributed by atoms with Crippen LogP contribution in [0.1, 0.15) is 29.8 Å². The molecule has 138 valence electrons. The molecule has 0 atom stereocenters. The highest BCUT2D eigenvalue weighted by Gasteiger charge is 2.17. The molecule has 0 radical (unpaired) electrons. The summed E-state index contributed by atoms with van der Waals surface area (Å²) in [6, 6.07) is 11.5. The van der Waals surface area contributed by atoms with E-state index in [4.69, 9.17) is 4.74 Å². The fraction of sp³-hybridized carbons (Fsp3) is 0.316. The number of carbonyl (C=O) groups is 1. The predicted molar refractivity (Wildman–Crippen MR) is 101 cm³/mol. The van der Waals surface area contributed by atoms with E-state index in [1.807, 2.05) is 18.2 Å². The van der Waals surface area contributed by atoms with E-state index in [0.29, 0.717) is 5.69 Å². The SMILES string of the molecule is CCN(CC)Cc1cccc(NC(=O)c2cc([N+](=O)[O-])ccc2OC)c1. The van der Waals surface area contributed by atoms with Gasteiger partial charge in [0.05, 0.1) is 17.6 Å². The molecule has 26 heavy (non-hydrogen) atoms. The number of nitro benzene ring substituents is 1. The standard InChI is InChI=1S/C19H23N3O4/c1-4-21(5-2)13-14-7-6-8-15(11-14)20-19(23)17-12-16(22(24)25)9-10-18(17)26-3/h6-12H,4-5,13H2,1-3H3,(H,20,23). The lowest BCUT2D eigenvalue weighted by molar-refractivity contribution is -0.384. The van der Waals surface area contributed by atoms with Crippen LogP contribution in [0, 0.1) is 10.1 Å². The van der Waals surface area contributed by atoms with Gasteiger partial charge in [-0.2, -0.15) is 0 Å². The molecule has 0 bridgehead atoms. The Labute approximate surface area is 152 Å². The van der Waals surface area contributed by atoms with E-state index in [9.17, 15) is 14.9 Å². The second kappa shape index (κ2) is 8.96. The van der Waals surface area contributed by atoms with E-state index in [2.05, 4.69) is 24.1 Å². The number of rotatable bonds is 8. The second-order valence-corrected chi connectivity index (χ2v) is 5.76. The molecule has 0 aliphatic rings. The Morgan fingerprint density at radius 1 is 1.19 bits per heavy atom. The maximum Gasteiger partial charge on any atom is 0.270 e. The Morgan fingerprint density at radius 2 is 1.92 bits per heavy atom. The zero-order valence-electron chi connectivity index (χ0n) is 15.2. The van der Waals surface area contributed by atoms with Gasteiger partial charge in [0.2, 0.25) is 0 Å². The van der Waals surface area contributed by atoms with Crippen molar-refractivity contribution in [1.29, 1.82) is 0 Å². The van der Waals surface area contributed by atoms with Crippen LogP contribution in [0.5, 0.6) is 5.75 Å². The Kier molecular flexibility index (Phi) is 6.68. The fourth-order valence-electron chi connectivity index (χ4n) is 2.64. The molecule has 0 saturated carbocycles. The fourth-order valence-corrected chi connectivity index (χ4v) is 2.64. The largest absolute Gasteiger partial charge is 0.496 e. The van der Waals surface area contributed by atoms with Crippen molar-refractivity contribution in [3.05, 3.63) is 63.7 Å². The minimum Gasteiger partial charge on any atom is -0.496 e. The van der Waals surface area contributed by atoms with Crippen molar-refractivity contribution in [2.75, 3.05) is 25.5 Å². The summed E-state index contributed by atoms with van der Waals surface area (Å²) < 4.78 is 5.15. The smallest absolute Gasteiger partial charge is 0.270 e. The Bertz CT molecular complexity index is 788. The number of benzene rings is 2. The summed E-state index contributed by atoms with van der Waals surface area (Å²) in [5, 5.41) is 13.8. The van der Waals surface area contributed by atoms with Crippen LogP contribution in [-0.4, -0.2) is 35.9 Å². The van der Waals surface area contributed by atoms with Crippen LogP contribution in [0.3, 0.4) is 0 Å². The molecule has 0 unspecified atom stereocenters. The first-order valence-corrected chi connectivity index (χ1v) is 8.43. The highest BCUT2D eigenvalue weighted by Crippen LogP contribution is 2.25. The lowest BCUT2D eigenvalue weighted by Gasteiger charge is -2.18. The topological polar surface area (TPSA) is 84.7 Å². The number of nitrogens with zero attached hydrogens (tertiary/aromatic N) is 2. The lowest BCUT2D eigenvalue weighted by atomic mass is 10.1. The number of anilines is 1. The quantitative estimate of drug-likeness (QED) is 0.575. The first kappa shape index (κ1) is 19.4. The van der Waals surface area contributed by atoms with Crippen molar-refractivity contribution in [3.63, 3.8) is 0 Å². The van der Waals surface area contributed by atoms with Crippen LogP contribution < -0.4 is 10.1 Å². The summed E-state index contributed by atoms with van der Waals surface area (Å²) in [6.45, 7) is 6.88. The highest BCUT2D eigenvalue weighted by atomic mass is 16.6. The number of nitro groups is 1. The molecule has 0 saturated heterocycles. The first-order chi connectivity index (χ1) is 12.5. The highest BCUT2D eigenvalue weighted by molar-refractivity contribution is 6.06. The van der Waals surface area contributed by atoms with Crippen LogP contribution in [0.2, 0.25) is 0 Å². The maximum atomic E-state index is 12.6. The molecular formula is C19H23N3O4. The van der Waals surface area contributed by atoms with Gasteiger partial charge >= 0.3 is 0 Å². The average Bonchev–Trinajstić information content (AvgIpc) is 2.65. The normalized spacial score (nSPS) is 10.6. The first-order valence-electron chi connectivity index (χ1n) is 8.43. The zero-order valence-corrected chi connectivity index (χ0v) is 15.2. The minimum atomic E-state index is -0.541. The van der Waals surface area contributed by atoms with Gasteiger partial charge in [-0.3, -0.25) is 19.8 Å². The molecular weight excluding hydrogens is 334 g/mol. The molecule has 2 aromatic rings. The number of hydrogen-bond donors (Lipinski definition) is 1. The summed E-state index contributed by atoms with van der Waals surface area (Å²) in [6.07, 6.45) is 0. The number of non-ortho nitro benzene ring substituents is 1. The van der Waals surface area contributed by atoms with E-state index in [-0.39, 0.29) is 17.0 Å². The number of amides is 1. The van der Waals surface area contributed by atoms with Gasteiger partial charge in [-0.1, -0.05) is 26.0 Å². The zero-order chi connectivity index (χ0) is 19.1. The summed E-state index contributed by atoms with van der Waals surface area (Å²) >= 11 is 0. The number of ether oxygens (including phenoxy) is 1. The predicted octanol–water partition coefficient (Wildman–Crippen LogP) is 3.70. The van der Waals surface area contributed by atoms with Crippen LogP contribution in [0.15, 0.2) is 42.5 Å². The molecule has 0 heterocycles. The summed E-state index contributed by atoms with van der Waals surface area (Å²) in [4.78, 5) is 25.3. The van der Waals surface area contributed by atoms with E-state index >= 15 is 0 Å². The van der Waals surface area contributed by atoms with Gasteiger partial charge in [-0.15, -0.1) is 0 Å². The summed E-state index contributed by atoms with van der Waals surface area (Å²) in [5.74, 6) is -0.169. The van der Waals surface area contributed by atoms with E-state index in [0.717, 1.165) is 25.2 Å². The van der Waals surface area contributed by atoms with Gasteiger partial charge in [0, 0.05) is 24.4 Å². The third kappa shape index (κ3) is 4.80. The molecule has 0 aromatic heterocycles. The van der Waals surface area contributed by atoms with Gasteiger partial charge in [0.25, 0.3) is 11.6 Å². The molecule has 0 aliphatic carbocycles. The maximum absolute atomic E-state index is 12.6. The lowest BCUT2D eigenvalue weighted by Crippen LogP contribution is -2.22. The Morgan fingerprint density at radius 3 is 2.54 bits per heavy atom. The molecule has 7 heteroatoms. The van der Waals surface area contributed by atoms with E-state index in [1.54, 1.807) is 6.07 Å². The molecule has 7 nitrogen and oxygen atoms in total. The monoisotopic (exact) mass is 357 g/mol. The molecule has 0 spiro atoms. The molecule has 2 aromatic carbocycles. The molecule has 1 N–H and O–H groups in total. The van der Waals surface area contributed by atoms with Crippen molar-refractivity contribution in [1.82, 2.24) is 4.90 Å². The third-order valence-corrected chi connectivity index (χ3v) is 4.12. The van der Waals surface area contributed by atoms with E-state index in [1.165, 1.54) is 25.3 Å². The van der Waals surface area contributed by atoms with Gasteiger partial charge in [0.1, 0.15) is 5.75 Å². The number of carbonyl (C=O) groups excluding carboxylic acids is 1. The number of methoxy groups -OCH3 is 1. The van der Waals surface area contributed by atoms with E-state index < -0.39 is 10.8 Å². The van der Waals surface area contributed by atoms with Gasteiger partial charge in [0.15, 0.2) is 0 Å². The minimum absolute atomic E-state index is 0.121. The van der Waals surface area contributed by atoms with Crippen molar-refractivity contribution >= 4 is 17.3 Å². The third-order valence-electron chi connectivity index (χ3n) is 4.12. The van der Waals surface area contributed by atoms with Crippen LogP contribution in [0.4, 0.5) is 11.4 Å². The Hall–Kier alpha value is -2.93. The molecule has 0 fully saturated rings. The molecule has 1 amide bonds. The number of hydrogen-bond acceptors (Lipinski definition) is 5. The van der Waals surface area contributed by atoms with Crippen LogP contribution >= 0.6 is 0 Å². The van der Waals surface area contributed by atoms with Crippen molar-refractivity contribution < 1.29 is 14.5 Å². The van der Waals surface area contributed by atoms with Crippen molar-refractivity contribution in [2.45, 2.75) is 20.4 Å². The number of nitrogens with one attached hydrogen (secondary N) is 1. The summed E-state index contributed by atoms with van der Waals surface area (Å²) in [7, 11) is 1.42. The van der Waals surface area contributed by atoms with Crippen LogP contribution in [-0.2, 0) is 6.54 Å². The molecule has 2 rings (SSSR count). The van der Waals surface area contributed by atoms with Crippen molar-refractivity contribution in [3.8, 4) is 5.75 Å². The molecule has 0 aliphatic heterocycles. The summed E-state index contributed by atoms with van der Waals surface area (Å²) in [5.41, 5.74) is 1.67. The van der Waals surface area contributed by atoms with Gasteiger partial charge in [-0.25, -0.2) is 0 Å². The van der Waals surface area contributed by atoms with Crippen molar-refractivity contribution in [2.24, 2.45) is 0 Å². The average molecular weight is 357 g/mol. The second-order valence-electron chi connectivity index (χ2n) is 5.76. The van der Waals surface area contributed by atoms with Gasteiger partial charge < -0.3 is 10.1 Å². The van der Waals surface area contributed by atoms with Crippen LogP contribution in [0.25, 0.3) is 0 Å². The van der Waals surface area contributed by atoms with Gasteiger partial charge in [-0.05, 0) is 36.9 Å². The Balaban J connectivity index is 2.22.